The summed E-state index contributed by atoms with van der Waals surface area (Å²) in [6.45, 7) is 2.00. The van der Waals surface area contributed by atoms with E-state index in [0.29, 0.717) is 17.9 Å². The van der Waals surface area contributed by atoms with Crippen LogP contribution in [0.3, 0.4) is 0 Å². The number of carbonyl (C=O) groups is 1. The maximum absolute atomic E-state index is 12.8. The molecule has 1 rings (SSSR count). The molecule has 7 heteroatoms. The molecule has 0 unspecified atom stereocenters. The van der Waals surface area contributed by atoms with E-state index in [4.69, 9.17) is 10.3 Å². The van der Waals surface area contributed by atoms with Crippen LogP contribution in [0.4, 0.5) is 8.78 Å². The second-order valence-corrected chi connectivity index (χ2v) is 4.14. The summed E-state index contributed by atoms with van der Waals surface area (Å²) in [6, 6.07) is 0. The first-order valence-electron chi connectivity index (χ1n) is 5.62. The molecule has 1 amide bonds. The van der Waals surface area contributed by atoms with Gasteiger partial charge in [0.2, 0.25) is 5.91 Å². The largest absolute Gasteiger partial charge is 0.361 e. The van der Waals surface area contributed by atoms with E-state index >= 15 is 0 Å². The summed E-state index contributed by atoms with van der Waals surface area (Å²) in [7, 11) is 0. The fourth-order valence-electron chi connectivity index (χ4n) is 1.49. The average Bonchev–Trinajstić information content (AvgIpc) is 2.64. The van der Waals surface area contributed by atoms with Crippen molar-refractivity contribution >= 4 is 5.91 Å². The van der Waals surface area contributed by atoms with Crippen molar-refractivity contribution in [2.45, 2.75) is 32.6 Å². The van der Waals surface area contributed by atoms with Gasteiger partial charge in [0.25, 0.3) is 5.92 Å². The number of hydrogen-bond donors (Lipinski definition) is 2. The van der Waals surface area contributed by atoms with Crippen LogP contribution in [0, 0.1) is 13.8 Å². The van der Waals surface area contributed by atoms with Crippen LogP contribution >= 0.6 is 0 Å². The topological polar surface area (TPSA) is 81.2 Å². The zero-order valence-electron chi connectivity index (χ0n) is 10.4. The lowest BCUT2D eigenvalue weighted by Crippen LogP contribution is -2.41. The molecule has 3 N–H and O–H groups in total. The third-order valence-corrected chi connectivity index (χ3v) is 2.63. The molecule has 1 aromatic heterocycles. The molecule has 102 valence electrons. The first kappa shape index (κ1) is 14.6. The zero-order chi connectivity index (χ0) is 13.8. The van der Waals surface area contributed by atoms with Crippen LogP contribution in [0.25, 0.3) is 0 Å². The number of halogens is 2. The number of carbonyl (C=O) groups excluding carboxylic acids is 1. The van der Waals surface area contributed by atoms with E-state index in [9.17, 15) is 13.6 Å². The molecule has 0 aliphatic heterocycles. The Morgan fingerprint density at radius 3 is 2.67 bits per heavy atom. The molecular weight excluding hydrogens is 244 g/mol. The van der Waals surface area contributed by atoms with Gasteiger partial charge in [-0.25, -0.2) is 8.78 Å². The van der Waals surface area contributed by atoms with Gasteiger partial charge in [0.05, 0.1) is 18.8 Å². The van der Waals surface area contributed by atoms with Gasteiger partial charge in [-0.2, -0.15) is 0 Å². The number of aryl methyl sites for hydroxylation is 2. The van der Waals surface area contributed by atoms with Crippen molar-refractivity contribution in [3.8, 4) is 0 Å². The normalized spacial score (nSPS) is 11.6. The van der Waals surface area contributed by atoms with E-state index in [-0.39, 0.29) is 6.42 Å². The van der Waals surface area contributed by atoms with Gasteiger partial charge in [-0.05, 0) is 20.3 Å². The fourth-order valence-corrected chi connectivity index (χ4v) is 1.49. The van der Waals surface area contributed by atoms with Crippen molar-refractivity contribution in [3.63, 3.8) is 0 Å². The van der Waals surface area contributed by atoms with Crippen molar-refractivity contribution in [2.75, 3.05) is 13.1 Å². The Bertz CT molecular complexity index is 399. The van der Waals surface area contributed by atoms with E-state index < -0.39 is 24.9 Å². The second kappa shape index (κ2) is 5.90. The van der Waals surface area contributed by atoms with Gasteiger partial charge in [-0.15, -0.1) is 0 Å². The Hall–Kier alpha value is -1.50. The van der Waals surface area contributed by atoms with Gasteiger partial charge in [-0.3, -0.25) is 4.79 Å². The molecule has 18 heavy (non-hydrogen) atoms. The third kappa shape index (κ3) is 4.06. The molecule has 1 aromatic rings. The predicted molar refractivity (Wildman–Crippen MR) is 61.3 cm³/mol. The van der Waals surface area contributed by atoms with E-state index in [1.807, 2.05) is 0 Å². The van der Waals surface area contributed by atoms with Crippen LogP contribution in [0.15, 0.2) is 4.52 Å². The molecular formula is C11H17F2N3O2. The SMILES string of the molecule is Cc1noc(C)c1CCC(=O)NCC(F)(F)CN. The lowest BCUT2D eigenvalue weighted by Gasteiger charge is -2.14. The van der Waals surface area contributed by atoms with Crippen molar-refractivity contribution < 1.29 is 18.1 Å². The summed E-state index contributed by atoms with van der Waals surface area (Å²) in [5, 5.41) is 5.90. The molecule has 0 aliphatic rings. The molecule has 0 aliphatic carbocycles. The molecule has 0 aromatic carbocycles. The number of alkyl halides is 2. The minimum absolute atomic E-state index is 0.115. The van der Waals surface area contributed by atoms with E-state index in [2.05, 4.69) is 10.5 Å². The van der Waals surface area contributed by atoms with E-state index in [1.165, 1.54) is 0 Å². The van der Waals surface area contributed by atoms with Gasteiger partial charge in [0, 0.05) is 12.0 Å². The number of nitrogens with one attached hydrogen (secondary N) is 1. The van der Waals surface area contributed by atoms with Crippen LogP contribution < -0.4 is 11.1 Å². The summed E-state index contributed by atoms with van der Waals surface area (Å²) < 4.78 is 30.5. The number of amides is 1. The highest BCUT2D eigenvalue weighted by Crippen LogP contribution is 2.14. The van der Waals surface area contributed by atoms with Crippen LogP contribution in [0.5, 0.6) is 0 Å². The molecule has 0 fully saturated rings. The number of aromatic nitrogens is 1. The molecule has 0 bridgehead atoms. The van der Waals surface area contributed by atoms with Crippen LogP contribution in [-0.4, -0.2) is 30.1 Å². The van der Waals surface area contributed by atoms with Crippen LogP contribution in [0.1, 0.15) is 23.4 Å². The molecule has 0 saturated carbocycles. The van der Waals surface area contributed by atoms with Crippen molar-refractivity contribution in [1.29, 1.82) is 0 Å². The molecule has 0 atom stereocenters. The van der Waals surface area contributed by atoms with Gasteiger partial charge >= 0.3 is 0 Å². The Labute approximate surface area is 104 Å². The summed E-state index contributed by atoms with van der Waals surface area (Å²) in [5.41, 5.74) is 6.42. The maximum atomic E-state index is 12.8. The molecule has 1 heterocycles. The summed E-state index contributed by atoms with van der Waals surface area (Å²) >= 11 is 0. The first-order chi connectivity index (χ1) is 8.35. The van der Waals surface area contributed by atoms with Crippen molar-refractivity contribution in [3.05, 3.63) is 17.0 Å². The maximum Gasteiger partial charge on any atom is 0.277 e. The number of hydrogen-bond acceptors (Lipinski definition) is 4. The lowest BCUT2D eigenvalue weighted by atomic mass is 10.1. The second-order valence-electron chi connectivity index (χ2n) is 4.14. The van der Waals surface area contributed by atoms with Crippen molar-refractivity contribution in [1.82, 2.24) is 10.5 Å². The van der Waals surface area contributed by atoms with E-state index in [1.54, 1.807) is 13.8 Å². The highest BCUT2D eigenvalue weighted by molar-refractivity contribution is 5.76. The monoisotopic (exact) mass is 261 g/mol. The van der Waals surface area contributed by atoms with Crippen molar-refractivity contribution in [2.24, 2.45) is 5.73 Å². The fraction of sp³-hybridized carbons (Fsp3) is 0.636. The van der Waals surface area contributed by atoms with Gasteiger partial charge < -0.3 is 15.6 Å². The third-order valence-electron chi connectivity index (χ3n) is 2.63. The number of rotatable bonds is 6. The lowest BCUT2D eigenvalue weighted by molar-refractivity contribution is -0.122. The number of nitrogens with two attached hydrogens (primary N) is 1. The highest BCUT2D eigenvalue weighted by atomic mass is 19.3. The summed E-state index contributed by atoms with van der Waals surface area (Å²) in [6.07, 6.45) is 0.532. The average molecular weight is 261 g/mol. The Balaban J connectivity index is 2.38. The molecule has 0 saturated heterocycles. The predicted octanol–water partition coefficient (Wildman–Crippen LogP) is 0.934. The summed E-state index contributed by atoms with van der Waals surface area (Å²) in [4.78, 5) is 11.4. The van der Waals surface area contributed by atoms with E-state index in [0.717, 1.165) is 5.56 Å². The quantitative estimate of drug-likeness (QED) is 0.798. The molecule has 0 spiro atoms. The Morgan fingerprint density at radius 2 is 2.17 bits per heavy atom. The zero-order valence-corrected chi connectivity index (χ0v) is 10.4. The molecule has 0 radical (unpaired) electrons. The van der Waals surface area contributed by atoms with Gasteiger partial charge in [0.1, 0.15) is 5.76 Å². The van der Waals surface area contributed by atoms with Gasteiger partial charge in [-0.1, -0.05) is 5.16 Å². The van der Waals surface area contributed by atoms with Crippen LogP contribution in [0.2, 0.25) is 0 Å². The van der Waals surface area contributed by atoms with Crippen LogP contribution in [-0.2, 0) is 11.2 Å². The minimum atomic E-state index is -3.06. The molecule has 5 nitrogen and oxygen atoms in total. The summed E-state index contributed by atoms with van der Waals surface area (Å²) in [5.74, 6) is -2.85. The highest BCUT2D eigenvalue weighted by Gasteiger charge is 2.27. The smallest absolute Gasteiger partial charge is 0.277 e. The number of nitrogens with zero attached hydrogens (tertiary/aromatic N) is 1. The van der Waals surface area contributed by atoms with Gasteiger partial charge in [0.15, 0.2) is 0 Å². The minimum Gasteiger partial charge on any atom is -0.361 e. The first-order valence-corrected chi connectivity index (χ1v) is 5.62. The Kier molecular flexibility index (Phi) is 4.77. The standard InChI is InChI=1S/C11H17F2N3O2/c1-7-9(8(2)18-16-7)3-4-10(17)15-6-11(12,13)5-14/h3-6,14H2,1-2H3,(H,15,17). The Morgan fingerprint density at radius 1 is 1.50 bits per heavy atom.